The van der Waals surface area contributed by atoms with E-state index in [1.165, 1.54) is 16.4 Å². The van der Waals surface area contributed by atoms with Crippen LogP contribution in [-0.4, -0.2) is 36.7 Å². The number of anilines is 1. The minimum absolute atomic E-state index is 0.155. The number of carbonyl (C=O) groups is 1. The molecule has 1 aliphatic heterocycles. The van der Waals surface area contributed by atoms with Crippen LogP contribution >= 0.6 is 11.6 Å². The van der Waals surface area contributed by atoms with Gasteiger partial charge in [-0.1, -0.05) is 17.7 Å². The fourth-order valence-electron chi connectivity index (χ4n) is 2.97. The molecule has 1 aromatic carbocycles. The maximum Gasteiger partial charge on any atom is 0.243 e. The number of piperidine rings is 1. The molecule has 8 heteroatoms. The monoisotopic (exact) mass is 393 g/mol. The van der Waals surface area contributed by atoms with E-state index in [1.807, 2.05) is 19.1 Å². The fourth-order valence-corrected chi connectivity index (χ4v) is 4.62. The predicted octanol–water partition coefficient (Wildman–Crippen LogP) is 3.08. The number of benzene rings is 1. The highest BCUT2D eigenvalue weighted by Crippen LogP contribution is 2.25. The Bertz CT molecular complexity index is 900. The van der Waals surface area contributed by atoms with Crippen molar-refractivity contribution >= 4 is 33.3 Å². The fraction of sp³-hybridized carbons (Fsp3) is 0.333. The van der Waals surface area contributed by atoms with E-state index in [0.29, 0.717) is 30.2 Å². The average Bonchev–Trinajstić information content (AvgIpc) is 2.62. The van der Waals surface area contributed by atoms with Gasteiger partial charge in [-0.05, 0) is 56.2 Å². The Labute approximate surface area is 158 Å². The molecule has 0 bridgehead atoms. The second-order valence-corrected chi connectivity index (χ2v) is 8.68. The van der Waals surface area contributed by atoms with Gasteiger partial charge in [0.15, 0.2) is 0 Å². The second kappa shape index (κ2) is 7.73. The number of rotatable bonds is 4. The number of pyridine rings is 1. The molecule has 0 aliphatic carbocycles. The minimum atomic E-state index is -3.65. The Hall–Kier alpha value is -1.96. The number of aromatic nitrogens is 1. The Morgan fingerprint density at radius 2 is 1.96 bits per heavy atom. The van der Waals surface area contributed by atoms with Gasteiger partial charge < -0.3 is 5.32 Å². The summed E-state index contributed by atoms with van der Waals surface area (Å²) >= 11 is 5.83. The summed E-state index contributed by atoms with van der Waals surface area (Å²) in [5.41, 5.74) is 0.804. The van der Waals surface area contributed by atoms with Crippen molar-refractivity contribution in [2.75, 3.05) is 18.4 Å². The topological polar surface area (TPSA) is 79.4 Å². The van der Waals surface area contributed by atoms with Crippen LogP contribution in [0.4, 0.5) is 5.82 Å². The van der Waals surface area contributed by atoms with Gasteiger partial charge in [0.1, 0.15) is 5.82 Å². The number of hydrogen-bond donors (Lipinski definition) is 1. The lowest BCUT2D eigenvalue weighted by molar-refractivity contribution is -0.120. The first-order chi connectivity index (χ1) is 12.4. The maximum atomic E-state index is 12.8. The molecule has 1 aliphatic rings. The van der Waals surface area contributed by atoms with Crippen molar-refractivity contribution in [2.24, 2.45) is 5.92 Å². The number of nitrogens with zero attached hydrogens (tertiary/aromatic N) is 2. The number of aryl methyl sites for hydroxylation is 1. The molecule has 2 aromatic rings. The zero-order chi connectivity index (χ0) is 18.7. The number of sulfonamides is 1. The van der Waals surface area contributed by atoms with Crippen LogP contribution in [0.5, 0.6) is 0 Å². The van der Waals surface area contributed by atoms with Crippen molar-refractivity contribution < 1.29 is 13.2 Å². The van der Waals surface area contributed by atoms with Crippen molar-refractivity contribution in [2.45, 2.75) is 24.7 Å². The molecule has 1 aromatic heterocycles. The van der Waals surface area contributed by atoms with Crippen molar-refractivity contribution in [1.82, 2.24) is 9.29 Å². The summed E-state index contributed by atoms with van der Waals surface area (Å²) in [6, 6.07) is 11.4. The molecular weight excluding hydrogens is 374 g/mol. The van der Waals surface area contributed by atoms with E-state index in [0.717, 1.165) is 5.69 Å². The van der Waals surface area contributed by atoms with Gasteiger partial charge in [-0.25, -0.2) is 13.4 Å². The number of amides is 1. The highest BCUT2D eigenvalue weighted by Gasteiger charge is 2.33. The number of nitrogens with one attached hydrogen (secondary N) is 1. The molecule has 138 valence electrons. The maximum absolute atomic E-state index is 12.8. The average molecular weight is 394 g/mol. The van der Waals surface area contributed by atoms with Crippen LogP contribution < -0.4 is 5.32 Å². The van der Waals surface area contributed by atoms with Gasteiger partial charge in [0.2, 0.25) is 15.9 Å². The summed E-state index contributed by atoms with van der Waals surface area (Å²) in [4.78, 5) is 17.0. The smallest absolute Gasteiger partial charge is 0.243 e. The zero-order valence-electron chi connectivity index (χ0n) is 14.4. The van der Waals surface area contributed by atoms with E-state index in [1.54, 1.807) is 18.2 Å². The molecule has 1 saturated heterocycles. The lowest BCUT2D eigenvalue weighted by atomic mass is 9.99. The zero-order valence-corrected chi connectivity index (χ0v) is 15.9. The van der Waals surface area contributed by atoms with Gasteiger partial charge in [0, 0.05) is 23.8 Å². The van der Waals surface area contributed by atoms with E-state index in [2.05, 4.69) is 10.3 Å². The summed E-state index contributed by atoms with van der Waals surface area (Å²) in [6.07, 6.45) is 1.27. The first kappa shape index (κ1) is 18.8. The highest BCUT2D eigenvalue weighted by atomic mass is 35.5. The molecule has 3 rings (SSSR count). The van der Waals surface area contributed by atoms with Gasteiger partial charge in [-0.15, -0.1) is 0 Å². The largest absolute Gasteiger partial charge is 0.310 e. The van der Waals surface area contributed by atoms with Crippen LogP contribution in [0.15, 0.2) is 47.4 Å². The molecule has 0 radical (unpaired) electrons. The van der Waals surface area contributed by atoms with Crippen LogP contribution in [0.1, 0.15) is 18.5 Å². The second-order valence-electron chi connectivity index (χ2n) is 6.31. The molecule has 1 fully saturated rings. The summed E-state index contributed by atoms with van der Waals surface area (Å²) in [7, 11) is -3.65. The SMILES string of the molecule is Cc1cccc(NC(=O)[C@@H]2CCCN(S(=O)(=O)c3ccc(Cl)cc3)C2)n1. The third-order valence-corrected chi connectivity index (χ3v) is 6.48. The Morgan fingerprint density at radius 1 is 1.23 bits per heavy atom. The normalized spacial score (nSPS) is 18.5. The molecule has 1 amide bonds. The summed E-state index contributed by atoms with van der Waals surface area (Å²) in [5, 5.41) is 3.26. The lowest BCUT2D eigenvalue weighted by Crippen LogP contribution is -2.43. The third kappa shape index (κ3) is 4.23. The molecule has 0 unspecified atom stereocenters. The van der Waals surface area contributed by atoms with Gasteiger partial charge in [-0.3, -0.25) is 4.79 Å². The highest BCUT2D eigenvalue weighted by molar-refractivity contribution is 7.89. The Balaban J connectivity index is 1.72. The minimum Gasteiger partial charge on any atom is -0.310 e. The van der Waals surface area contributed by atoms with Crippen molar-refractivity contribution in [3.8, 4) is 0 Å². The van der Waals surface area contributed by atoms with Crippen molar-refractivity contribution in [3.63, 3.8) is 0 Å². The standard InChI is InChI=1S/C18H20ClN3O3S/c1-13-4-2-6-17(20-13)21-18(23)14-5-3-11-22(12-14)26(24,25)16-9-7-15(19)8-10-16/h2,4,6-10,14H,3,5,11-12H2,1H3,(H,20,21,23)/t14-/m1/s1. The van der Waals surface area contributed by atoms with E-state index in [9.17, 15) is 13.2 Å². The summed E-state index contributed by atoms with van der Waals surface area (Å²) < 4.78 is 27.0. The van der Waals surface area contributed by atoms with E-state index >= 15 is 0 Å². The van der Waals surface area contributed by atoms with Crippen LogP contribution in [0, 0.1) is 12.8 Å². The first-order valence-corrected chi connectivity index (χ1v) is 10.2. The van der Waals surface area contributed by atoms with Crippen molar-refractivity contribution in [3.05, 3.63) is 53.2 Å². The van der Waals surface area contributed by atoms with Crippen LogP contribution in [0.25, 0.3) is 0 Å². The summed E-state index contributed by atoms with van der Waals surface area (Å²) in [5.74, 6) is -0.139. The van der Waals surface area contributed by atoms with E-state index in [4.69, 9.17) is 11.6 Å². The van der Waals surface area contributed by atoms with Gasteiger partial charge in [-0.2, -0.15) is 4.31 Å². The van der Waals surface area contributed by atoms with Crippen LogP contribution in [0.3, 0.4) is 0 Å². The van der Waals surface area contributed by atoms with Gasteiger partial charge in [0.25, 0.3) is 0 Å². The van der Waals surface area contributed by atoms with Crippen LogP contribution in [0.2, 0.25) is 5.02 Å². The Morgan fingerprint density at radius 3 is 2.65 bits per heavy atom. The van der Waals surface area contributed by atoms with Gasteiger partial charge >= 0.3 is 0 Å². The van der Waals surface area contributed by atoms with E-state index in [-0.39, 0.29) is 17.3 Å². The molecular formula is C18H20ClN3O3S. The molecule has 26 heavy (non-hydrogen) atoms. The third-order valence-electron chi connectivity index (χ3n) is 4.35. The quantitative estimate of drug-likeness (QED) is 0.865. The summed E-state index contributed by atoms with van der Waals surface area (Å²) in [6.45, 7) is 2.40. The Kier molecular flexibility index (Phi) is 5.60. The van der Waals surface area contributed by atoms with Gasteiger partial charge in [0.05, 0.1) is 10.8 Å². The van der Waals surface area contributed by atoms with E-state index < -0.39 is 15.9 Å². The van der Waals surface area contributed by atoms with Crippen LogP contribution in [-0.2, 0) is 14.8 Å². The molecule has 6 nitrogen and oxygen atoms in total. The molecule has 2 heterocycles. The number of carbonyl (C=O) groups excluding carboxylic acids is 1. The number of hydrogen-bond acceptors (Lipinski definition) is 4. The lowest BCUT2D eigenvalue weighted by Gasteiger charge is -2.31. The number of halogens is 1. The first-order valence-electron chi connectivity index (χ1n) is 8.36. The molecule has 0 spiro atoms. The van der Waals surface area contributed by atoms with Crippen molar-refractivity contribution in [1.29, 1.82) is 0 Å². The predicted molar refractivity (Wildman–Crippen MR) is 101 cm³/mol. The molecule has 0 saturated carbocycles. The molecule has 1 atom stereocenters. The molecule has 1 N–H and O–H groups in total.